The van der Waals surface area contributed by atoms with Crippen molar-refractivity contribution >= 4 is 33.7 Å². The molecule has 3 atom stereocenters. The van der Waals surface area contributed by atoms with Crippen molar-refractivity contribution < 1.29 is 29.0 Å². The summed E-state index contributed by atoms with van der Waals surface area (Å²) in [5, 5.41) is 8.89. The van der Waals surface area contributed by atoms with Crippen molar-refractivity contribution in [3.63, 3.8) is 0 Å². The SMILES string of the molecule is CC(=O)OC[C@@H]1C[C@@H](OC(C)=O)[C@H](n2cc(Br)c(NO)nc2=O)O1. The maximum Gasteiger partial charge on any atom is 0.351 e. The lowest BCUT2D eigenvalue weighted by Gasteiger charge is -2.20. The summed E-state index contributed by atoms with van der Waals surface area (Å²) < 4.78 is 17.2. The van der Waals surface area contributed by atoms with E-state index in [1.165, 1.54) is 20.0 Å². The first-order valence-electron chi connectivity index (χ1n) is 6.96. The third-order valence-electron chi connectivity index (χ3n) is 3.22. The van der Waals surface area contributed by atoms with Gasteiger partial charge in [-0.25, -0.2) is 4.79 Å². The van der Waals surface area contributed by atoms with Gasteiger partial charge in [0.15, 0.2) is 12.0 Å². The number of ether oxygens (including phenoxy) is 3. The Kier molecular flexibility index (Phi) is 5.91. The lowest BCUT2D eigenvalue weighted by atomic mass is 10.2. The highest BCUT2D eigenvalue weighted by Crippen LogP contribution is 2.32. The summed E-state index contributed by atoms with van der Waals surface area (Å²) in [4.78, 5) is 38.0. The minimum absolute atomic E-state index is 0.0246. The largest absolute Gasteiger partial charge is 0.463 e. The molecule has 1 aromatic rings. The number of nitrogens with zero attached hydrogens (tertiary/aromatic N) is 2. The number of halogens is 1. The van der Waals surface area contributed by atoms with Crippen LogP contribution in [0, 0.1) is 0 Å². The second kappa shape index (κ2) is 7.73. The summed E-state index contributed by atoms with van der Waals surface area (Å²) in [6.45, 7) is 2.48. The van der Waals surface area contributed by atoms with E-state index in [-0.39, 0.29) is 18.8 Å². The molecule has 2 N–H and O–H groups in total. The minimum atomic E-state index is -0.932. The van der Waals surface area contributed by atoms with Gasteiger partial charge in [0.05, 0.1) is 10.6 Å². The van der Waals surface area contributed by atoms with E-state index in [1.807, 2.05) is 0 Å². The Balaban J connectivity index is 2.27. The molecule has 0 aliphatic carbocycles. The van der Waals surface area contributed by atoms with Crippen molar-refractivity contribution in [2.75, 3.05) is 12.1 Å². The summed E-state index contributed by atoms with van der Waals surface area (Å²) in [5.41, 5.74) is 1.07. The zero-order chi connectivity index (χ0) is 17.9. The van der Waals surface area contributed by atoms with Crippen LogP contribution in [0.3, 0.4) is 0 Å². The first kappa shape index (κ1) is 18.4. The number of carbonyl (C=O) groups is 2. The first-order valence-corrected chi connectivity index (χ1v) is 7.76. The van der Waals surface area contributed by atoms with Crippen molar-refractivity contribution in [2.45, 2.75) is 38.7 Å². The molecule has 0 unspecified atom stereocenters. The fourth-order valence-electron chi connectivity index (χ4n) is 2.30. The van der Waals surface area contributed by atoms with Crippen LogP contribution in [0.5, 0.6) is 0 Å². The van der Waals surface area contributed by atoms with Crippen LogP contribution >= 0.6 is 15.9 Å². The van der Waals surface area contributed by atoms with Gasteiger partial charge < -0.3 is 14.2 Å². The Morgan fingerprint density at radius 1 is 1.50 bits per heavy atom. The van der Waals surface area contributed by atoms with Crippen molar-refractivity contribution in [3.05, 3.63) is 21.2 Å². The van der Waals surface area contributed by atoms with Crippen LogP contribution in [-0.2, 0) is 23.8 Å². The fourth-order valence-corrected chi connectivity index (χ4v) is 2.70. The van der Waals surface area contributed by atoms with Crippen molar-refractivity contribution in [1.29, 1.82) is 0 Å². The monoisotopic (exact) mass is 405 g/mol. The molecule has 1 saturated heterocycles. The highest BCUT2D eigenvalue weighted by atomic mass is 79.9. The molecule has 0 saturated carbocycles. The summed E-state index contributed by atoms with van der Waals surface area (Å²) in [6, 6.07) is 0. The number of aromatic nitrogens is 2. The van der Waals surface area contributed by atoms with Gasteiger partial charge >= 0.3 is 17.6 Å². The highest BCUT2D eigenvalue weighted by molar-refractivity contribution is 9.10. The van der Waals surface area contributed by atoms with Crippen LogP contribution in [0.4, 0.5) is 5.82 Å². The maximum atomic E-state index is 12.1. The molecule has 0 spiro atoms. The quantitative estimate of drug-likeness (QED) is 0.533. The Labute approximate surface area is 144 Å². The Morgan fingerprint density at radius 3 is 2.79 bits per heavy atom. The summed E-state index contributed by atoms with van der Waals surface area (Å²) in [7, 11) is 0. The molecule has 2 rings (SSSR count). The molecular formula is C13H16BrN3O7. The van der Waals surface area contributed by atoms with Gasteiger partial charge in [-0.3, -0.25) is 24.8 Å². The number of rotatable bonds is 5. The Hall–Kier alpha value is -1.98. The van der Waals surface area contributed by atoms with Gasteiger partial charge in [0, 0.05) is 26.5 Å². The van der Waals surface area contributed by atoms with E-state index in [4.69, 9.17) is 19.4 Å². The smallest absolute Gasteiger partial charge is 0.351 e. The molecule has 24 heavy (non-hydrogen) atoms. The van der Waals surface area contributed by atoms with Crippen LogP contribution in [0.1, 0.15) is 26.5 Å². The molecule has 1 aliphatic rings. The standard InChI is InChI=1S/C13H16BrN3O7/c1-6(18)22-5-8-3-10(23-7(2)19)12(24-8)17-4-9(14)11(16-21)15-13(17)20/h4,8,10,12,21H,3,5H2,1-2H3,(H,15,16,20)/t8-,10+,12+/m0/s1. The number of anilines is 1. The van der Waals surface area contributed by atoms with E-state index in [0.29, 0.717) is 4.47 Å². The normalized spacial score (nSPS) is 22.9. The van der Waals surface area contributed by atoms with E-state index in [0.717, 1.165) is 4.57 Å². The van der Waals surface area contributed by atoms with Crippen LogP contribution < -0.4 is 11.2 Å². The molecule has 1 fully saturated rings. The van der Waals surface area contributed by atoms with Crippen LogP contribution in [0.25, 0.3) is 0 Å². The molecule has 132 valence electrons. The first-order chi connectivity index (χ1) is 11.3. The molecule has 1 aliphatic heterocycles. The average Bonchev–Trinajstić information content (AvgIpc) is 2.89. The van der Waals surface area contributed by atoms with E-state index < -0.39 is 36.1 Å². The van der Waals surface area contributed by atoms with Crippen molar-refractivity contribution in [3.8, 4) is 0 Å². The Morgan fingerprint density at radius 2 is 2.21 bits per heavy atom. The van der Waals surface area contributed by atoms with E-state index >= 15 is 0 Å². The number of carbonyl (C=O) groups excluding carboxylic acids is 2. The van der Waals surface area contributed by atoms with Crippen molar-refractivity contribution in [1.82, 2.24) is 9.55 Å². The van der Waals surface area contributed by atoms with Gasteiger partial charge in [-0.2, -0.15) is 4.98 Å². The van der Waals surface area contributed by atoms with Gasteiger partial charge in [0.1, 0.15) is 12.7 Å². The summed E-state index contributed by atoms with van der Waals surface area (Å²) in [5.74, 6) is -1.06. The molecule has 0 aromatic carbocycles. The van der Waals surface area contributed by atoms with E-state index in [2.05, 4.69) is 20.9 Å². The lowest BCUT2D eigenvalue weighted by Crippen LogP contribution is -2.34. The van der Waals surface area contributed by atoms with Gasteiger partial charge in [-0.1, -0.05) is 0 Å². The molecule has 0 bridgehead atoms. The van der Waals surface area contributed by atoms with E-state index in [9.17, 15) is 14.4 Å². The molecular weight excluding hydrogens is 390 g/mol. The maximum absolute atomic E-state index is 12.1. The number of nitrogens with one attached hydrogen (secondary N) is 1. The van der Waals surface area contributed by atoms with Crippen LogP contribution in [-0.4, -0.2) is 45.5 Å². The molecule has 1 aromatic heterocycles. The predicted octanol–water partition coefficient (Wildman–Crippen LogP) is 0.589. The summed E-state index contributed by atoms with van der Waals surface area (Å²) in [6.07, 6.45) is -0.615. The zero-order valence-electron chi connectivity index (χ0n) is 12.9. The van der Waals surface area contributed by atoms with Crippen LogP contribution in [0.2, 0.25) is 0 Å². The molecule has 2 heterocycles. The zero-order valence-corrected chi connectivity index (χ0v) is 14.5. The third-order valence-corrected chi connectivity index (χ3v) is 3.80. The number of hydrogen-bond donors (Lipinski definition) is 2. The van der Waals surface area contributed by atoms with Gasteiger partial charge in [-0.05, 0) is 15.9 Å². The van der Waals surface area contributed by atoms with Gasteiger partial charge in [-0.15, -0.1) is 0 Å². The molecule has 0 amide bonds. The molecule has 0 radical (unpaired) electrons. The second-order valence-corrected chi connectivity index (χ2v) is 5.93. The highest BCUT2D eigenvalue weighted by Gasteiger charge is 2.40. The average molecular weight is 406 g/mol. The lowest BCUT2D eigenvalue weighted by molar-refractivity contribution is -0.153. The van der Waals surface area contributed by atoms with Crippen molar-refractivity contribution in [2.24, 2.45) is 0 Å². The number of esters is 2. The second-order valence-electron chi connectivity index (χ2n) is 5.07. The Bertz CT molecular complexity index is 693. The molecule has 11 heteroatoms. The summed E-state index contributed by atoms with van der Waals surface area (Å²) >= 11 is 3.15. The minimum Gasteiger partial charge on any atom is -0.463 e. The third kappa shape index (κ3) is 4.30. The van der Waals surface area contributed by atoms with Crippen LogP contribution in [0.15, 0.2) is 15.5 Å². The fraction of sp³-hybridized carbons (Fsp3) is 0.538. The topological polar surface area (TPSA) is 129 Å². The van der Waals surface area contributed by atoms with Gasteiger partial charge in [0.2, 0.25) is 0 Å². The molecule has 10 nitrogen and oxygen atoms in total. The predicted molar refractivity (Wildman–Crippen MR) is 82.3 cm³/mol. The van der Waals surface area contributed by atoms with E-state index in [1.54, 1.807) is 5.48 Å². The number of hydrogen-bond acceptors (Lipinski definition) is 9. The van der Waals surface area contributed by atoms with Gasteiger partial charge in [0.25, 0.3) is 0 Å².